The van der Waals surface area contributed by atoms with Gasteiger partial charge in [0.25, 0.3) is 0 Å². The Morgan fingerprint density at radius 2 is 2.17 bits per heavy atom. The van der Waals surface area contributed by atoms with Gasteiger partial charge in [-0.1, -0.05) is 18.2 Å². The summed E-state index contributed by atoms with van der Waals surface area (Å²) in [4.78, 5) is 18.2. The number of hydrogen-bond donors (Lipinski definition) is 1. The van der Waals surface area contributed by atoms with Crippen LogP contribution in [0.25, 0.3) is 0 Å². The van der Waals surface area contributed by atoms with E-state index in [1.807, 2.05) is 38.4 Å². The molecule has 1 heterocycles. The molecule has 0 spiro atoms. The molecule has 0 fully saturated rings. The third-order valence-electron chi connectivity index (χ3n) is 2.89. The van der Waals surface area contributed by atoms with Crippen molar-refractivity contribution in [2.24, 2.45) is 10.7 Å². The average molecular weight is 243 g/mol. The highest BCUT2D eigenvalue weighted by Gasteiger charge is 2.33. The fourth-order valence-electron chi connectivity index (χ4n) is 1.85. The number of carbonyl (C=O) groups excluding carboxylic acids is 1. The Hall–Kier alpha value is -1.94. The minimum absolute atomic E-state index is 0.130. The molecule has 0 aliphatic carbocycles. The molecule has 4 nitrogen and oxygen atoms in total. The first kappa shape index (κ1) is 12.5. The summed E-state index contributed by atoms with van der Waals surface area (Å²) in [6, 6.07) is 7.73. The van der Waals surface area contributed by atoms with Crippen LogP contribution >= 0.6 is 0 Å². The predicted molar refractivity (Wildman–Crippen MR) is 73.1 cm³/mol. The molecule has 1 aromatic rings. The molecule has 0 amide bonds. The minimum Gasteiger partial charge on any atom is -0.383 e. The Bertz CT molecular complexity index is 520. The van der Waals surface area contributed by atoms with E-state index in [2.05, 4.69) is 4.99 Å². The van der Waals surface area contributed by atoms with Crippen LogP contribution in [-0.2, 0) is 11.2 Å². The van der Waals surface area contributed by atoms with Crippen LogP contribution < -0.4 is 5.73 Å². The number of hydrogen-bond acceptors (Lipinski definition) is 4. The van der Waals surface area contributed by atoms with Gasteiger partial charge in [-0.25, -0.2) is 0 Å². The van der Waals surface area contributed by atoms with Crippen molar-refractivity contribution in [2.45, 2.75) is 12.0 Å². The molecular formula is C14H17N3O. The summed E-state index contributed by atoms with van der Waals surface area (Å²) < 4.78 is 0. The molecule has 94 valence electrons. The van der Waals surface area contributed by atoms with Crippen molar-refractivity contribution < 1.29 is 4.79 Å². The molecule has 1 aliphatic heterocycles. The molecule has 0 radical (unpaired) electrons. The van der Waals surface area contributed by atoms with Crippen molar-refractivity contribution in [1.82, 2.24) is 4.90 Å². The molecule has 0 saturated carbocycles. The molecular weight excluding hydrogens is 226 g/mol. The van der Waals surface area contributed by atoms with Gasteiger partial charge in [-0.2, -0.15) is 0 Å². The Balaban J connectivity index is 2.23. The summed E-state index contributed by atoms with van der Waals surface area (Å²) in [6.45, 7) is 0. The monoisotopic (exact) mass is 243 g/mol. The van der Waals surface area contributed by atoms with E-state index in [0.717, 1.165) is 11.3 Å². The van der Waals surface area contributed by atoms with Gasteiger partial charge in [-0.05, 0) is 17.7 Å². The Labute approximate surface area is 107 Å². The van der Waals surface area contributed by atoms with E-state index in [4.69, 9.17) is 5.73 Å². The van der Waals surface area contributed by atoms with Crippen LogP contribution in [0, 0.1) is 0 Å². The van der Waals surface area contributed by atoms with Crippen LogP contribution in [0.15, 0.2) is 41.5 Å². The van der Waals surface area contributed by atoms with Crippen molar-refractivity contribution >= 4 is 17.7 Å². The number of fused-ring (bicyclic) bond motifs is 1. The second kappa shape index (κ2) is 4.74. The van der Waals surface area contributed by atoms with Gasteiger partial charge in [-0.3, -0.25) is 9.79 Å². The molecule has 2 N–H and O–H groups in total. The number of rotatable bonds is 3. The van der Waals surface area contributed by atoms with Gasteiger partial charge in [0.05, 0.1) is 5.69 Å². The highest BCUT2D eigenvalue weighted by Crippen LogP contribution is 2.27. The van der Waals surface area contributed by atoms with E-state index in [0.29, 0.717) is 6.42 Å². The van der Waals surface area contributed by atoms with E-state index in [1.54, 1.807) is 17.3 Å². The second-order valence-electron chi connectivity index (χ2n) is 4.75. The van der Waals surface area contributed by atoms with Crippen molar-refractivity contribution in [3.8, 4) is 0 Å². The maximum Gasteiger partial charge on any atom is 0.182 e. The number of benzene rings is 1. The first-order chi connectivity index (χ1) is 8.51. The quantitative estimate of drug-likeness (QED) is 0.814. The molecule has 1 aliphatic rings. The number of nitrogens with two attached hydrogens (primary N) is 1. The standard InChI is InChI=1S/C14H17N3O/c1-17(2)8-7-13(18)14(15)9-11-5-3-4-6-12(11)16-10-14/h3-8,10H,9,15H2,1-2H3/b8-7+. The molecule has 1 aromatic carbocycles. The first-order valence-corrected chi connectivity index (χ1v) is 5.82. The van der Waals surface area contributed by atoms with Crippen LogP contribution in [0.5, 0.6) is 0 Å². The molecule has 0 bridgehead atoms. The van der Waals surface area contributed by atoms with E-state index >= 15 is 0 Å². The van der Waals surface area contributed by atoms with Gasteiger partial charge in [0.1, 0.15) is 5.54 Å². The number of aliphatic imine (C=N–C) groups is 1. The molecule has 4 heteroatoms. The maximum absolute atomic E-state index is 12.1. The SMILES string of the molecule is CN(C)/C=C/C(=O)C1(N)C=Nc2ccccc2C1. The van der Waals surface area contributed by atoms with Gasteiger partial charge >= 0.3 is 0 Å². The predicted octanol–water partition coefficient (Wildman–Crippen LogP) is 1.29. The summed E-state index contributed by atoms with van der Waals surface area (Å²) in [5.74, 6) is -0.130. The van der Waals surface area contributed by atoms with E-state index in [-0.39, 0.29) is 5.78 Å². The zero-order chi connectivity index (χ0) is 13.2. The van der Waals surface area contributed by atoms with E-state index in [1.165, 1.54) is 6.08 Å². The van der Waals surface area contributed by atoms with Crippen molar-refractivity contribution in [2.75, 3.05) is 14.1 Å². The van der Waals surface area contributed by atoms with Gasteiger partial charge in [0.15, 0.2) is 5.78 Å². The number of ketones is 1. The lowest BCUT2D eigenvalue weighted by atomic mass is 9.86. The van der Waals surface area contributed by atoms with Crippen LogP contribution in [0.3, 0.4) is 0 Å². The smallest absolute Gasteiger partial charge is 0.182 e. The molecule has 18 heavy (non-hydrogen) atoms. The van der Waals surface area contributed by atoms with Crippen molar-refractivity contribution in [3.63, 3.8) is 0 Å². The molecule has 0 aromatic heterocycles. The van der Waals surface area contributed by atoms with Crippen LogP contribution in [0.1, 0.15) is 5.56 Å². The van der Waals surface area contributed by atoms with Gasteiger partial charge in [0.2, 0.25) is 0 Å². The van der Waals surface area contributed by atoms with Crippen LogP contribution in [0.2, 0.25) is 0 Å². The van der Waals surface area contributed by atoms with Crippen LogP contribution in [-0.4, -0.2) is 36.5 Å². The summed E-state index contributed by atoms with van der Waals surface area (Å²) in [5, 5.41) is 0. The van der Waals surface area contributed by atoms with Crippen LogP contribution in [0.4, 0.5) is 5.69 Å². The minimum atomic E-state index is -1.03. The first-order valence-electron chi connectivity index (χ1n) is 5.82. The fraction of sp³-hybridized carbons (Fsp3) is 0.286. The largest absolute Gasteiger partial charge is 0.383 e. The summed E-state index contributed by atoms with van der Waals surface area (Å²) in [5.41, 5.74) is 7.01. The van der Waals surface area contributed by atoms with Crippen molar-refractivity contribution in [3.05, 3.63) is 42.1 Å². The Morgan fingerprint density at radius 3 is 2.89 bits per heavy atom. The lowest BCUT2D eigenvalue weighted by Gasteiger charge is -2.26. The summed E-state index contributed by atoms with van der Waals surface area (Å²) in [7, 11) is 3.72. The molecule has 2 rings (SSSR count). The second-order valence-corrected chi connectivity index (χ2v) is 4.75. The lowest BCUT2D eigenvalue weighted by Crippen LogP contribution is -2.51. The van der Waals surface area contributed by atoms with Gasteiger partial charge < -0.3 is 10.6 Å². The average Bonchev–Trinajstić information content (AvgIpc) is 2.35. The molecule has 1 atom stereocenters. The normalized spacial score (nSPS) is 21.9. The fourth-order valence-corrected chi connectivity index (χ4v) is 1.85. The number of carbonyl (C=O) groups is 1. The van der Waals surface area contributed by atoms with Gasteiger partial charge in [0, 0.05) is 32.9 Å². The number of nitrogens with zero attached hydrogens (tertiary/aromatic N) is 2. The Kier molecular flexibility index (Phi) is 3.30. The zero-order valence-corrected chi connectivity index (χ0v) is 10.6. The summed E-state index contributed by atoms with van der Waals surface area (Å²) in [6.07, 6.45) is 5.24. The van der Waals surface area contributed by atoms with Gasteiger partial charge in [-0.15, -0.1) is 0 Å². The zero-order valence-electron chi connectivity index (χ0n) is 10.6. The Morgan fingerprint density at radius 1 is 1.44 bits per heavy atom. The third kappa shape index (κ3) is 2.49. The highest BCUT2D eigenvalue weighted by atomic mass is 16.1. The van der Waals surface area contributed by atoms with E-state index in [9.17, 15) is 4.79 Å². The maximum atomic E-state index is 12.1. The highest BCUT2D eigenvalue weighted by molar-refractivity contribution is 6.11. The number of para-hydroxylation sites is 1. The summed E-state index contributed by atoms with van der Waals surface area (Å²) >= 11 is 0. The van der Waals surface area contributed by atoms with Crippen molar-refractivity contribution in [1.29, 1.82) is 0 Å². The molecule has 1 unspecified atom stereocenters. The topological polar surface area (TPSA) is 58.7 Å². The third-order valence-corrected chi connectivity index (χ3v) is 2.89. The molecule has 0 saturated heterocycles. The lowest BCUT2D eigenvalue weighted by molar-refractivity contribution is -0.117. The van der Waals surface area contributed by atoms with E-state index < -0.39 is 5.54 Å².